The molecule has 7 heteroatoms. The second-order valence-electron chi connectivity index (χ2n) is 5.88. The summed E-state index contributed by atoms with van der Waals surface area (Å²) < 4.78 is 0. The molecule has 0 saturated carbocycles. The summed E-state index contributed by atoms with van der Waals surface area (Å²) in [6.45, 7) is 2.48. The molecule has 2 N–H and O–H groups in total. The Balaban J connectivity index is 1.69. The molecule has 0 spiro atoms. The summed E-state index contributed by atoms with van der Waals surface area (Å²) in [7, 11) is 0. The van der Waals surface area contributed by atoms with Crippen LogP contribution in [0.2, 0.25) is 10.0 Å². The highest BCUT2D eigenvalue weighted by atomic mass is 35.5. The Hall–Kier alpha value is -2.81. The average Bonchev–Trinajstić information content (AvgIpc) is 2.63. The molecule has 0 saturated heterocycles. The Morgan fingerprint density at radius 1 is 1.04 bits per heavy atom. The number of nitrogens with zero attached hydrogens (tertiary/aromatic N) is 3. The van der Waals surface area contributed by atoms with Crippen LogP contribution in [-0.2, 0) is 6.42 Å². The Labute approximate surface area is 168 Å². The van der Waals surface area contributed by atoms with Crippen molar-refractivity contribution >= 4 is 40.5 Å². The summed E-state index contributed by atoms with van der Waals surface area (Å²) in [6.07, 6.45) is 0.735. The van der Waals surface area contributed by atoms with Crippen molar-refractivity contribution in [3.63, 3.8) is 0 Å². The normalized spacial score (nSPS) is 10.3. The van der Waals surface area contributed by atoms with E-state index in [1.807, 2.05) is 43.3 Å². The maximum absolute atomic E-state index is 9.22. The first kappa shape index (κ1) is 19.0. The number of para-hydroxylation sites is 1. The van der Waals surface area contributed by atoms with Gasteiger partial charge in [0.05, 0.1) is 11.3 Å². The number of rotatable bonds is 6. The maximum Gasteiger partial charge on any atom is 0.136 e. The minimum atomic E-state index is 0.556. The first-order valence-electron chi connectivity index (χ1n) is 8.35. The monoisotopic (exact) mass is 397 g/mol. The van der Waals surface area contributed by atoms with Crippen molar-refractivity contribution in [1.82, 2.24) is 9.97 Å². The Morgan fingerprint density at radius 2 is 1.81 bits per heavy atom. The molecule has 27 heavy (non-hydrogen) atoms. The highest BCUT2D eigenvalue weighted by molar-refractivity contribution is 6.35. The Kier molecular flexibility index (Phi) is 6.12. The number of anilines is 3. The molecule has 136 valence electrons. The Morgan fingerprint density at radius 3 is 2.59 bits per heavy atom. The molecule has 0 atom stereocenters. The van der Waals surface area contributed by atoms with Crippen LogP contribution in [0.3, 0.4) is 0 Å². The molecule has 3 rings (SSSR count). The Bertz CT molecular complexity index is 998. The molecule has 1 heterocycles. The number of benzene rings is 2. The zero-order valence-corrected chi connectivity index (χ0v) is 16.1. The largest absolute Gasteiger partial charge is 0.370 e. The molecule has 5 nitrogen and oxygen atoms in total. The van der Waals surface area contributed by atoms with Crippen molar-refractivity contribution in [3.8, 4) is 6.07 Å². The fourth-order valence-electron chi connectivity index (χ4n) is 2.60. The zero-order valence-electron chi connectivity index (χ0n) is 14.6. The van der Waals surface area contributed by atoms with Crippen LogP contribution in [0.5, 0.6) is 0 Å². The van der Waals surface area contributed by atoms with Crippen molar-refractivity contribution < 1.29 is 0 Å². The standard InChI is InChI=1S/C20H17Cl2N5/c1-13-25-19(24-9-8-14-6-7-16(21)10-17(14)22)11-20(26-13)27-18-5-3-2-4-15(18)12-23/h2-7,10-11H,8-9H2,1H3,(H2,24,25,26,27). The van der Waals surface area contributed by atoms with Crippen LogP contribution in [0.1, 0.15) is 17.0 Å². The summed E-state index contributed by atoms with van der Waals surface area (Å²) in [5, 5.41) is 17.0. The number of nitriles is 1. The van der Waals surface area contributed by atoms with Gasteiger partial charge in [-0.2, -0.15) is 5.26 Å². The molecule has 0 fully saturated rings. The average molecular weight is 398 g/mol. The smallest absolute Gasteiger partial charge is 0.136 e. The summed E-state index contributed by atoms with van der Waals surface area (Å²) in [5.41, 5.74) is 2.28. The van der Waals surface area contributed by atoms with Gasteiger partial charge in [-0.05, 0) is 43.2 Å². The van der Waals surface area contributed by atoms with Crippen LogP contribution in [0, 0.1) is 18.3 Å². The predicted molar refractivity (Wildman–Crippen MR) is 110 cm³/mol. The summed E-state index contributed by atoms with van der Waals surface area (Å²) in [4.78, 5) is 8.79. The first-order chi connectivity index (χ1) is 13.0. The number of hydrogen-bond acceptors (Lipinski definition) is 5. The van der Waals surface area contributed by atoms with Gasteiger partial charge in [0.2, 0.25) is 0 Å². The highest BCUT2D eigenvalue weighted by Gasteiger charge is 2.06. The molecule has 0 aliphatic rings. The van der Waals surface area contributed by atoms with E-state index in [0.717, 1.165) is 12.0 Å². The van der Waals surface area contributed by atoms with E-state index in [2.05, 4.69) is 26.7 Å². The molecule has 0 bridgehead atoms. The van der Waals surface area contributed by atoms with Gasteiger partial charge in [-0.3, -0.25) is 0 Å². The maximum atomic E-state index is 9.22. The number of halogens is 2. The minimum Gasteiger partial charge on any atom is -0.370 e. The van der Waals surface area contributed by atoms with E-state index < -0.39 is 0 Å². The van der Waals surface area contributed by atoms with E-state index >= 15 is 0 Å². The number of aryl methyl sites for hydroxylation is 1. The van der Waals surface area contributed by atoms with E-state index in [0.29, 0.717) is 45.3 Å². The lowest BCUT2D eigenvalue weighted by atomic mass is 10.1. The van der Waals surface area contributed by atoms with Crippen molar-refractivity contribution in [2.75, 3.05) is 17.2 Å². The van der Waals surface area contributed by atoms with E-state index in [-0.39, 0.29) is 0 Å². The lowest BCUT2D eigenvalue weighted by Crippen LogP contribution is -2.09. The SMILES string of the molecule is Cc1nc(NCCc2ccc(Cl)cc2Cl)cc(Nc2ccccc2C#N)n1. The lowest BCUT2D eigenvalue weighted by Gasteiger charge is -2.11. The second kappa shape index (κ2) is 8.72. The van der Waals surface area contributed by atoms with Crippen LogP contribution in [-0.4, -0.2) is 16.5 Å². The van der Waals surface area contributed by atoms with Gasteiger partial charge in [0.15, 0.2) is 0 Å². The van der Waals surface area contributed by atoms with E-state index in [1.165, 1.54) is 0 Å². The van der Waals surface area contributed by atoms with Crippen LogP contribution < -0.4 is 10.6 Å². The summed E-state index contributed by atoms with van der Waals surface area (Å²) in [5.74, 6) is 1.95. The third-order valence-electron chi connectivity index (χ3n) is 3.86. The second-order valence-corrected chi connectivity index (χ2v) is 6.72. The van der Waals surface area contributed by atoms with Crippen LogP contribution >= 0.6 is 23.2 Å². The van der Waals surface area contributed by atoms with E-state index in [1.54, 1.807) is 12.1 Å². The third-order valence-corrected chi connectivity index (χ3v) is 4.45. The molecule has 0 amide bonds. The molecule has 0 radical (unpaired) electrons. The van der Waals surface area contributed by atoms with Gasteiger partial charge in [-0.15, -0.1) is 0 Å². The van der Waals surface area contributed by atoms with E-state index in [9.17, 15) is 5.26 Å². The van der Waals surface area contributed by atoms with Crippen molar-refractivity contribution in [2.45, 2.75) is 13.3 Å². The minimum absolute atomic E-state index is 0.556. The molecule has 0 unspecified atom stereocenters. The molecular formula is C20H17Cl2N5. The van der Waals surface area contributed by atoms with Gasteiger partial charge in [0.1, 0.15) is 23.5 Å². The third kappa shape index (κ3) is 5.10. The fourth-order valence-corrected chi connectivity index (χ4v) is 3.10. The van der Waals surface area contributed by atoms with E-state index in [4.69, 9.17) is 23.2 Å². The van der Waals surface area contributed by atoms with Crippen LogP contribution in [0.25, 0.3) is 0 Å². The molecule has 1 aromatic heterocycles. The predicted octanol–water partition coefficient (Wildman–Crippen LogP) is 5.36. The van der Waals surface area contributed by atoms with Crippen molar-refractivity contribution in [3.05, 3.63) is 75.5 Å². The molecular weight excluding hydrogens is 381 g/mol. The van der Waals surface area contributed by atoms with Gasteiger partial charge in [-0.25, -0.2) is 9.97 Å². The molecule has 2 aromatic carbocycles. The zero-order chi connectivity index (χ0) is 19.2. The van der Waals surface area contributed by atoms with Gasteiger partial charge in [0, 0.05) is 22.7 Å². The van der Waals surface area contributed by atoms with Crippen LogP contribution in [0.4, 0.5) is 17.3 Å². The summed E-state index contributed by atoms with van der Waals surface area (Å²) in [6, 6.07) is 16.7. The lowest BCUT2D eigenvalue weighted by molar-refractivity contribution is 0.983. The first-order valence-corrected chi connectivity index (χ1v) is 9.10. The van der Waals surface area contributed by atoms with Gasteiger partial charge < -0.3 is 10.6 Å². The topological polar surface area (TPSA) is 73.6 Å². The van der Waals surface area contributed by atoms with Gasteiger partial charge in [0.25, 0.3) is 0 Å². The van der Waals surface area contributed by atoms with Crippen LogP contribution in [0.15, 0.2) is 48.5 Å². The molecule has 3 aromatic rings. The van der Waals surface area contributed by atoms with Crippen molar-refractivity contribution in [1.29, 1.82) is 5.26 Å². The molecule has 0 aliphatic carbocycles. The van der Waals surface area contributed by atoms with Gasteiger partial charge >= 0.3 is 0 Å². The highest BCUT2D eigenvalue weighted by Crippen LogP contribution is 2.22. The fraction of sp³-hybridized carbons (Fsp3) is 0.150. The number of nitrogens with one attached hydrogen (secondary N) is 2. The molecule has 0 aliphatic heterocycles. The number of hydrogen-bond donors (Lipinski definition) is 2. The van der Waals surface area contributed by atoms with Crippen molar-refractivity contribution in [2.24, 2.45) is 0 Å². The summed E-state index contributed by atoms with van der Waals surface area (Å²) >= 11 is 12.1. The quantitative estimate of drug-likeness (QED) is 0.585. The number of aromatic nitrogens is 2. The van der Waals surface area contributed by atoms with Gasteiger partial charge in [-0.1, -0.05) is 41.4 Å².